The number of likely N-dealkylation sites (N-methyl/N-ethyl adjacent to an activating group) is 1. The van der Waals surface area contributed by atoms with Gasteiger partial charge in [-0.15, -0.1) is 11.3 Å². The Morgan fingerprint density at radius 1 is 1.13 bits per heavy atom. The summed E-state index contributed by atoms with van der Waals surface area (Å²) in [6, 6.07) is 12.6. The van der Waals surface area contributed by atoms with E-state index in [1.54, 1.807) is 30.3 Å². The number of carboxylic acids is 1. The molecule has 1 aliphatic heterocycles. The van der Waals surface area contributed by atoms with E-state index < -0.39 is 23.8 Å². The Balaban J connectivity index is 1.59. The quantitative estimate of drug-likeness (QED) is 0.165. The Morgan fingerprint density at radius 2 is 1.83 bits per heavy atom. The third-order valence-electron chi connectivity index (χ3n) is 7.95. The summed E-state index contributed by atoms with van der Waals surface area (Å²) in [6.07, 6.45) is 2.17. The zero-order valence-corrected chi connectivity index (χ0v) is 28.1. The third-order valence-corrected chi connectivity index (χ3v) is 9.72. The van der Waals surface area contributed by atoms with Gasteiger partial charge in [-0.05, 0) is 61.3 Å². The molecule has 248 valence electrons. The predicted octanol–water partition coefficient (Wildman–Crippen LogP) is 5.32. The zero-order valence-electron chi connectivity index (χ0n) is 25.7. The van der Waals surface area contributed by atoms with Gasteiger partial charge in [0.25, 0.3) is 0 Å². The molecule has 4 aromatic rings. The van der Waals surface area contributed by atoms with Crippen molar-refractivity contribution in [1.29, 1.82) is 0 Å². The monoisotopic (exact) mass is 703 g/mol. The number of methoxy groups -OCH3 is 2. The van der Waals surface area contributed by atoms with Crippen LogP contribution in [0.25, 0.3) is 0 Å². The molecule has 47 heavy (non-hydrogen) atoms. The number of halogens is 3. The molecule has 0 aliphatic carbocycles. The van der Waals surface area contributed by atoms with Crippen molar-refractivity contribution < 1.29 is 43.2 Å². The Hall–Kier alpha value is -4.10. The minimum Gasteiger partial charge on any atom is -0.544 e. The topological polar surface area (TPSA) is 115 Å². The van der Waals surface area contributed by atoms with Gasteiger partial charge in [-0.3, -0.25) is 10.1 Å². The fourth-order valence-electron chi connectivity index (χ4n) is 5.64. The van der Waals surface area contributed by atoms with Crippen LogP contribution in [0.15, 0.2) is 60.9 Å². The molecule has 1 saturated heterocycles. The van der Waals surface area contributed by atoms with E-state index in [2.05, 4.69) is 0 Å². The molecule has 10 nitrogen and oxygen atoms in total. The molecule has 2 aromatic carbocycles. The lowest BCUT2D eigenvalue weighted by atomic mass is 9.85. The Morgan fingerprint density at radius 3 is 2.45 bits per heavy atom. The predicted molar refractivity (Wildman–Crippen MR) is 173 cm³/mol. The van der Waals surface area contributed by atoms with E-state index >= 15 is 4.39 Å². The second kappa shape index (κ2) is 14.8. The van der Waals surface area contributed by atoms with Crippen molar-refractivity contribution in [2.45, 2.75) is 31.4 Å². The number of likely N-dealkylation sites (tertiary alicyclic amines) is 1. The van der Waals surface area contributed by atoms with E-state index in [0.717, 1.165) is 22.6 Å². The van der Waals surface area contributed by atoms with Crippen LogP contribution in [0.5, 0.6) is 11.5 Å². The van der Waals surface area contributed by atoms with E-state index in [9.17, 15) is 19.9 Å². The molecule has 1 N–H and O–H groups in total. The molecule has 0 spiro atoms. The maximum absolute atomic E-state index is 15.1. The molecular weight excluding hydrogens is 672 g/mol. The molecule has 0 unspecified atom stereocenters. The van der Waals surface area contributed by atoms with Gasteiger partial charge >= 0.3 is 6.09 Å². The number of carbonyl (C=O) groups is 2. The number of anilines is 1. The van der Waals surface area contributed by atoms with Crippen LogP contribution >= 0.6 is 34.5 Å². The standard InChI is InChI=1S/C33H32Cl2FN3O7S/c1-37-11-10-20(15-37)46-33(42)39(28-7-5-4-6-27(28)36)16-21-13-23(31(47-21)32(40)41)22(14-24-25(34)17-38(43)18-26(24)35)19-8-9-29(44-2)30(12-19)45-3/h4-9,12-13,17-18,20,22H,10-11,14-16H2,1-3H3,(H-,40,41,43)/t20-,22+/m1/s1. The van der Waals surface area contributed by atoms with E-state index in [4.69, 9.17) is 37.4 Å². The largest absolute Gasteiger partial charge is 0.544 e. The van der Waals surface area contributed by atoms with Crippen LogP contribution in [0.4, 0.5) is 14.9 Å². The van der Waals surface area contributed by atoms with Crippen LogP contribution in [0.1, 0.15) is 43.6 Å². The Kier molecular flexibility index (Phi) is 10.8. The third kappa shape index (κ3) is 7.73. The van der Waals surface area contributed by atoms with Crippen molar-refractivity contribution in [2.75, 3.05) is 39.3 Å². The number of carbonyl (C=O) groups excluding carboxylic acids is 2. The van der Waals surface area contributed by atoms with Gasteiger partial charge in [-0.2, -0.15) is 0 Å². The van der Waals surface area contributed by atoms with Gasteiger partial charge in [0.2, 0.25) is 12.4 Å². The highest BCUT2D eigenvalue weighted by atomic mass is 35.5. The number of rotatable bonds is 11. The fourth-order valence-corrected chi connectivity index (χ4v) is 7.29. The second-order valence-electron chi connectivity index (χ2n) is 11.1. The fraction of sp³-hybridized carbons (Fsp3) is 0.303. The normalized spacial score (nSPS) is 15.3. The van der Waals surface area contributed by atoms with Crippen molar-refractivity contribution in [3.63, 3.8) is 0 Å². The van der Waals surface area contributed by atoms with Crippen molar-refractivity contribution in [3.05, 3.63) is 103 Å². The number of para-hydroxylation sites is 1. The molecule has 2 atom stereocenters. The lowest BCUT2D eigenvalue weighted by Crippen LogP contribution is -2.35. The van der Waals surface area contributed by atoms with Crippen molar-refractivity contribution in [2.24, 2.45) is 0 Å². The first-order valence-electron chi connectivity index (χ1n) is 14.5. The van der Waals surface area contributed by atoms with Gasteiger partial charge in [0, 0.05) is 34.2 Å². The average molecular weight is 705 g/mol. The number of thiophene rings is 1. The molecule has 0 radical (unpaired) electrons. The van der Waals surface area contributed by atoms with Crippen molar-refractivity contribution >= 4 is 52.3 Å². The molecule has 14 heteroatoms. The first-order chi connectivity index (χ1) is 22.5. The SMILES string of the molecule is COc1ccc([C@H](Cc2c(Cl)c[n+](O)cc2Cl)c2cc(CN(C(=O)O[C@@H]3CCN(C)C3)c3ccccc3F)sc2C(=O)[O-])cc1OC. The van der Waals surface area contributed by atoms with Gasteiger partial charge in [0.1, 0.15) is 22.0 Å². The van der Waals surface area contributed by atoms with E-state index in [1.165, 1.54) is 49.7 Å². The summed E-state index contributed by atoms with van der Waals surface area (Å²) in [5, 5.41) is 22.9. The van der Waals surface area contributed by atoms with Gasteiger partial charge < -0.3 is 29.0 Å². The highest BCUT2D eigenvalue weighted by molar-refractivity contribution is 7.14. The summed E-state index contributed by atoms with van der Waals surface area (Å²) in [5.74, 6) is -1.88. The number of ether oxygens (including phenoxy) is 3. The molecule has 2 aromatic heterocycles. The molecule has 3 heterocycles. The van der Waals surface area contributed by atoms with Crippen LogP contribution in [0.3, 0.4) is 0 Å². The zero-order chi connectivity index (χ0) is 33.8. The second-order valence-corrected chi connectivity index (χ2v) is 13.0. The summed E-state index contributed by atoms with van der Waals surface area (Å²) in [6.45, 7) is 1.12. The molecular formula is C33H32Cl2FN3O7S. The lowest BCUT2D eigenvalue weighted by molar-refractivity contribution is -0.904. The molecule has 0 bridgehead atoms. The van der Waals surface area contributed by atoms with Gasteiger partial charge in [-0.1, -0.05) is 41.4 Å². The minimum absolute atomic E-state index is 0.00889. The molecule has 5 rings (SSSR count). The summed E-state index contributed by atoms with van der Waals surface area (Å²) in [4.78, 5) is 29.7. The molecule has 0 saturated carbocycles. The number of aromatic carboxylic acids is 1. The first kappa shape index (κ1) is 34.2. The first-order valence-corrected chi connectivity index (χ1v) is 16.1. The molecule has 1 aliphatic rings. The van der Waals surface area contributed by atoms with Gasteiger partial charge in [0.15, 0.2) is 11.5 Å². The molecule has 1 fully saturated rings. The number of hydrogen-bond donors (Lipinski definition) is 1. The average Bonchev–Trinajstić information content (AvgIpc) is 3.65. The van der Waals surface area contributed by atoms with Crippen LogP contribution in [-0.2, 0) is 17.7 Å². The maximum Gasteiger partial charge on any atom is 0.415 e. The number of benzene rings is 2. The number of pyridine rings is 1. The number of nitrogens with zero attached hydrogens (tertiary/aromatic N) is 3. The lowest BCUT2D eigenvalue weighted by Gasteiger charge is -2.24. The maximum atomic E-state index is 15.1. The van der Waals surface area contributed by atoms with Crippen LogP contribution in [0, 0.1) is 5.82 Å². The smallest absolute Gasteiger partial charge is 0.415 e. The summed E-state index contributed by atoms with van der Waals surface area (Å²) >= 11 is 13.9. The van der Waals surface area contributed by atoms with E-state index in [-0.39, 0.29) is 39.7 Å². The number of aromatic nitrogens is 1. The van der Waals surface area contributed by atoms with Crippen molar-refractivity contribution in [1.82, 2.24) is 4.90 Å². The highest BCUT2D eigenvalue weighted by Gasteiger charge is 2.30. The minimum atomic E-state index is -1.44. The Labute approximate surface area is 285 Å². The highest BCUT2D eigenvalue weighted by Crippen LogP contribution is 2.41. The Bertz CT molecular complexity index is 1770. The van der Waals surface area contributed by atoms with Gasteiger partial charge in [-0.25, -0.2) is 9.18 Å². The summed E-state index contributed by atoms with van der Waals surface area (Å²) < 4.78 is 32.5. The number of hydrogen-bond acceptors (Lipinski definition) is 9. The number of carboxylic acid groups (broad SMARTS) is 1. The van der Waals surface area contributed by atoms with E-state index in [1.807, 2.05) is 11.9 Å². The molecule has 1 amide bonds. The van der Waals surface area contributed by atoms with E-state index in [0.29, 0.717) is 46.0 Å². The number of amides is 1. The van der Waals surface area contributed by atoms with Crippen LogP contribution in [-0.4, -0.2) is 62.6 Å². The van der Waals surface area contributed by atoms with Gasteiger partial charge in [0.05, 0.1) is 37.3 Å². The summed E-state index contributed by atoms with van der Waals surface area (Å²) in [5.41, 5.74) is 1.43. The van der Waals surface area contributed by atoms with Crippen LogP contribution in [0.2, 0.25) is 10.0 Å². The van der Waals surface area contributed by atoms with Crippen LogP contribution < -0.4 is 24.2 Å². The van der Waals surface area contributed by atoms with Crippen molar-refractivity contribution in [3.8, 4) is 11.5 Å². The summed E-state index contributed by atoms with van der Waals surface area (Å²) in [7, 11) is 4.90.